The van der Waals surface area contributed by atoms with Crippen molar-refractivity contribution in [2.45, 2.75) is 64.8 Å². The molecule has 0 bridgehead atoms. The number of carboxylic acid groups (broad SMARTS) is 1. The molecule has 0 aliphatic heterocycles. The van der Waals surface area contributed by atoms with Gasteiger partial charge in [0.15, 0.2) is 5.69 Å². The molecule has 11 heteroatoms. The van der Waals surface area contributed by atoms with Crippen LogP contribution in [0.25, 0.3) is 0 Å². The number of carbonyl (C=O) groups is 2. The van der Waals surface area contributed by atoms with Gasteiger partial charge in [-0.2, -0.15) is 5.10 Å². The van der Waals surface area contributed by atoms with Gasteiger partial charge in [-0.3, -0.25) is 4.79 Å². The molecule has 1 amide bonds. The summed E-state index contributed by atoms with van der Waals surface area (Å²) >= 11 is 0. The van der Waals surface area contributed by atoms with Crippen LogP contribution in [0, 0.1) is 12.8 Å². The highest BCUT2D eigenvalue weighted by Crippen LogP contribution is 2.34. The van der Waals surface area contributed by atoms with Crippen molar-refractivity contribution in [1.29, 1.82) is 0 Å². The zero-order valence-electron chi connectivity index (χ0n) is 19.8. The molecule has 3 N–H and O–H groups in total. The second kappa shape index (κ2) is 10.8. The van der Waals surface area contributed by atoms with Gasteiger partial charge in [0.2, 0.25) is 21.8 Å². The van der Waals surface area contributed by atoms with E-state index in [1.807, 2.05) is 20.8 Å². The number of hydrogen-bond donors (Lipinski definition) is 3. The summed E-state index contributed by atoms with van der Waals surface area (Å²) in [7, 11) is -2.52. The quantitative estimate of drug-likeness (QED) is 0.446. The van der Waals surface area contributed by atoms with E-state index in [0.717, 1.165) is 0 Å². The molecule has 0 spiro atoms. The molecule has 1 heterocycles. The van der Waals surface area contributed by atoms with Crippen molar-refractivity contribution >= 4 is 27.6 Å². The Morgan fingerprint density at radius 1 is 1.18 bits per heavy atom. The minimum Gasteiger partial charge on any atom is -0.476 e. The maximum atomic E-state index is 13.2. The molecule has 0 saturated heterocycles. The SMILES string of the molecule is CCC(CC)C(=O)Nc1ccc(Oc2c(C)c(C(=O)O)nn2C)c(S(=O)(=O)N[C@H](C)CC)c1. The van der Waals surface area contributed by atoms with Crippen LogP contribution >= 0.6 is 0 Å². The van der Waals surface area contributed by atoms with Crippen LogP contribution in [0.1, 0.15) is 63.0 Å². The number of aryl methyl sites for hydroxylation is 1. The molecule has 0 saturated carbocycles. The lowest BCUT2D eigenvalue weighted by Crippen LogP contribution is -2.32. The molecule has 0 fully saturated rings. The number of aromatic carboxylic acids is 1. The van der Waals surface area contributed by atoms with E-state index >= 15 is 0 Å². The van der Waals surface area contributed by atoms with E-state index in [4.69, 9.17) is 4.74 Å². The van der Waals surface area contributed by atoms with Crippen LogP contribution in [0.4, 0.5) is 5.69 Å². The van der Waals surface area contributed by atoms with Crippen molar-refractivity contribution in [3.8, 4) is 11.6 Å². The Morgan fingerprint density at radius 3 is 2.33 bits per heavy atom. The summed E-state index contributed by atoms with van der Waals surface area (Å²) in [5.41, 5.74) is 0.384. The lowest BCUT2D eigenvalue weighted by molar-refractivity contribution is -0.120. The number of sulfonamides is 1. The Morgan fingerprint density at radius 2 is 1.82 bits per heavy atom. The van der Waals surface area contributed by atoms with Gasteiger partial charge >= 0.3 is 5.97 Å². The maximum absolute atomic E-state index is 13.2. The fourth-order valence-electron chi connectivity index (χ4n) is 3.26. The Bertz CT molecular complexity index is 1120. The second-order valence-corrected chi connectivity index (χ2v) is 9.59. The smallest absolute Gasteiger partial charge is 0.356 e. The average molecular weight is 481 g/mol. The first-order valence-corrected chi connectivity index (χ1v) is 12.3. The van der Waals surface area contributed by atoms with Gasteiger partial charge in [0, 0.05) is 30.3 Å². The molecule has 33 heavy (non-hydrogen) atoms. The van der Waals surface area contributed by atoms with Crippen LogP contribution in [-0.2, 0) is 21.9 Å². The molecule has 10 nitrogen and oxygen atoms in total. The van der Waals surface area contributed by atoms with Gasteiger partial charge in [-0.05, 0) is 51.3 Å². The summed E-state index contributed by atoms with van der Waals surface area (Å²) in [4.78, 5) is 23.7. The topological polar surface area (TPSA) is 140 Å². The first-order chi connectivity index (χ1) is 15.4. The molecule has 0 unspecified atom stereocenters. The lowest BCUT2D eigenvalue weighted by atomic mass is 10.0. The Balaban J connectivity index is 2.54. The highest BCUT2D eigenvalue weighted by Gasteiger charge is 2.26. The highest BCUT2D eigenvalue weighted by molar-refractivity contribution is 7.89. The van der Waals surface area contributed by atoms with Crippen molar-refractivity contribution in [3.63, 3.8) is 0 Å². The number of carbonyl (C=O) groups excluding carboxylic acids is 1. The fraction of sp³-hybridized carbons (Fsp3) is 0.500. The number of nitrogens with zero attached hydrogens (tertiary/aromatic N) is 2. The third-order valence-corrected chi connectivity index (χ3v) is 7.07. The molecule has 1 aromatic heterocycles. The largest absolute Gasteiger partial charge is 0.476 e. The molecule has 2 rings (SSSR count). The number of amides is 1. The first-order valence-electron chi connectivity index (χ1n) is 10.9. The molecule has 1 aromatic carbocycles. The maximum Gasteiger partial charge on any atom is 0.356 e. The minimum absolute atomic E-state index is 0.0191. The molecule has 0 aliphatic rings. The molecule has 0 radical (unpaired) electrons. The Hall–Kier alpha value is -2.92. The van der Waals surface area contributed by atoms with Gasteiger partial charge in [-0.15, -0.1) is 0 Å². The molecular weight excluding hydrogens is 448 g/mol. The fourth-order valence-corrected chi connectivity index (χ4v) is 4.74. The van der Waals surface area contributed by atoms with Crippen LogP contribution in [0.3, 0.4) is 0 Å². The van der Waals surface area contributed by atoms with Gasteiger partial charge in [0.1, 0.15) is 10.6 Å². The number of benzene rings is 1. The van der Waals surface area contributed by atoms with Crippen molar-refractivity contribution in [2.75, 3.05) is 5.32 Å². The number of aromatic nitrogens is 2. The molecule has 2 aromatic rings. The summed E-state index contributed by atoms with van der Waals surface area (Å²) < 4.78 is 36.0. The van der Waals surface area contributed by atoms with Crippen molar-refractivity contribution in [2.24, 2.45) is 13.0 Å². The van der Waals surface area contributed by atoms with Crippen LogP contribution < -0.4 is 14.8 Å². The zero-order valence-corrected chi connectivity index (χ0v) is 20.6. The first kappa shape index (κ1) is 26.3. The average Bonchev–Trinajstić information content (AvgIpc) is 3.03. The predicted molar refractivity (Wildman–Crippen MR) is 124 cm³/mol. The van der Waals surface area contributed by atoms with Gasteiger partial charge in [-0.1, -0.05) is 20.8 Å². The third-order valence-electron chi connectivity index (χ3n) is 5.45. The summed E-state index contributed by atoms with van der Waals surface area (Å²) in [5.74, 6) is -1.52. The lowest BCUT2D eigenvalue weighted by Gasteiger charge is -2.18. The predicted octanol–water partition coefficient (Wildman–Crippen LogP) is 3.67. The van der Waals surface area contributed by atoms with Gasteiger partial charge in [0.05, 0.1) is 0 Å². The van der Waals surface area contributed by atoms with Crippen LogP contribution in [0.2, 0.25) is 0 Å². The standard InChI is InChI=1S/C22H32N4O6S/c1-7-13(4)25-33(30,31)18-12-16(23-20(27)15(8-2)9-3)10-11-17(18)32-21-14(5)19(22(28)29)24-26(21)6/h10-13,15,25H,7-9H2,1-6H3,(H,23,27)(H,28,29)/t13-/m1/s1. The zero-order chi connectivity index (χ0) is 24.9. The van der Waals surface area contributed by atoms with E-state index in [9.17, 15) is 23.1 Å². The van der Waals surface area contributed by atoms with E-state index in [2.05, 4.69) is 15.1 Å². The second-order valence-electron chi connectivity index (χ2n) is 7.90. The highest BCUT2D eigenvalue weighted by atomic mass is 32.2. The number of carboxylic acids is 1. The van der Waals surface area contributed by atoms with Gasteiger partial charge in [-0.25, -0.2) is 22.6 Å². The molecule has 1 atom stereocenters. The number of hydrogen-bond acceptors (Lipinski definition) is 6. The normalized spacial score (nSPS) is 12.6. The van der Waals surface area contributed by atoms with Crippen LogP contribution in [0.5, 0.6) is 11.6 Å². The van der Waals surface area contributed by atoms with Gasteiger partial charge in [0.25, 0.3) is 0 Å². The van der Waals surface area contributed by atoms with E-state index in [0.29, 0.717) is 24.9 Å². The van der Waals surface area contributed by atoms with E-state index in [1.54, 1.807) is 13.0 Å². The van der Waals surface area contributed by atoms with Gasteiger partial charge < -0.3 is 15.2 Å². The number of rotatable bonds is 11. The van der Waals surface area contributed by atoms with Crippen molar-refractivity contribution in [3.05, 3.63) is 29.5 Å². The number of nitrogens with one attached hydrogen (secondary N) is 2. The summed E-state index contributed by atoms with van der Waals surface area (Å²) in [6.07, 6.45) is 1.90. The van der Waals surface area contributed by atoms with Crippen LogP contribution in [-0.4, -0.2) is 41.2 Å². The van der Waals surface area contributed by atoms with Crippen molar-refractivity contribution < 1.29 is 27.9 Å². The van der Waals surface area contributed by atoms with Crippen molar-refractivity contribution in [1.82, 2.24) is 14.5 Å². The van der Waals surface area contributed by atoms with E-state index in [-0.39, 0.29) is 45.6 Å². The molecular formula is C22H32N4O6S. The summed E-state index contributed by atoms with van der Waals surface area (Å²) in [6.45, 7) is 8.95. The molecule has 0 aliphatic carbocycles. The Labute approximate surface area is 194 Å². The number of anilines is 1. The van der Waals surface area contributed by atoms with Crippen LogP contribution in [0.15, 0.2) is 23.1 Å². The summed E-state index contributed by atoms with van der Waals surface area (Å²) in [6, 6.07) is 3.98. The third kappa shape index (κ3) is 6.11. The monoisotopic (exact) mass is 480 g/mol. The van der Waals surface area contributed by atoms with E-state index < -0.39 is 16.0 Å². The Kier molecular flexibility index (Phi) is 8.62. The van der Waals surface area contributed by atoms with E-state index in [1.165, 1.54) is 30.8 Å². The number of ether oxygens (including phenoxy) is 1. The molecule has 182 valence electrons. The minimum atomic E-state index is -4.02. The summed E-state index contributed by atoms with van der Waals surface area (Å²) in [5, 5.41) is 16.0.